The highest BCUT2D eigenvalue weighted by atomic mass is 32.1. The third kappa shape index (κ3) is 5.34. The number of carbonyl (C=O) groups excluding carboxylic acids is 1. The first-order valence-electron chi connectivity index (χ1n) is 10.2. The molecule has 1 aromatic heterocycles. The van der Waals surface area contributed by atoms with Crippen molar-refractivity contribution in [1.82, 2.24) is 14.8 Å². The quantitative estimate of drug-likeness (QED) is 0.551. The van der Waals surface area contributed by atoms with E-state index in [0.717, 1.165) is 55.4 Å². The number of nitrogens with zero attached hydrogens (tertiary/aromatic N) is 3. The highest BCUT2D eigenvalue weighted by Crippen LogP contribution is 2.23. The number of benzene rings is 2. The van der Waals surface area contributed by atoms with Gasteiger partial charge in [0.25, 0.3) is 0 Å². The van der Waals surface area contributed by atoms with E-state index in [4.69, 9.17) is 9.72 Å². The Labute approximate surface area is 175 Å². The summed E-state index contributed by atoms with van der Waals surface area (Å²) in [4.78, 5) is 21.6. The van der Waals surface area contributed by atoms with Crippen molar-refractivity contribution < 1.29 is 9.53 Å². The number of aromatic nitrogens is 1. The normalized spacial score (nSPS) is 15.0. The van der Waals surface area contributed by atoms with Gasteiger partial charge in [-0.25, -0.2) is 4.98 Å². The first-order valence-corrected chi connectivity index (χ1v) is 11.0. The van der Waals surface area contributed by atoms with Crippen molar-refractivity contribution in [3.8, 4) is 5.75 Å². The molecule has 0 unspecified atom stereocenters. The molecule has 2 aromatic carbocycles. The maximum Gasteiger partial charge on any atom is 0.222 e. The topological polar surface area (TPSA) is 45.7 Å². The van der Waals surface area contributed by atoms with Crippen LogP contribution in [0.4, 0.5) is 0 Å². The summed E-state index contributed by atoms with van der Waals surface area (Å²) in [6.07, 6.45) is 1.29. The van der Waals surface area contributed by atoms with Gasteiger partial charge in [0.2, 0.25) is 5.91 Å². The molecular formula is C23H27N3O2S. The molecule has 1 aliphatic heterocycles. The summed E-state index contributed by atoms with van der Waals surface area (Å²) in [6, 6.07) is 16.3. The maximum atomic E-state index is 12.5. The molecule has 152 valence electrons. The van der Waals surface area contributed by atoms with Crippen LogP contribution in [0, 0.1) is 6.92 Å². The van der Waals surface area contributed by atoms with E-state index in [2.05, 4.69) is 23.1 Å². The predicted molar refractivity (Wildman–Crippen MR) is 117 cm³/mol. The van der Waals surface area contributed by atoms with Crippen LogP contribution in [0.5, 0.6) is 5.75 Å². The van der Waals surface area contributed by atoms with Crippen molar-refractivity contribution in [1.29, 1.82) is 0 Å². The monoisotopic (exact) mass is 409 g/mol. The van der Waals surface area contributed by atoms with Crippen molar-refractivity contribution in [3.05, 3.63) is 59.1 Å². The summed E-state index contributed by atoms with van der Waals surface area (Å²) in [6.45, 7) is 6.89. The first-order chi connectivity index (χ1) is 14.2. The second kappa shape index (κ2) is 9.37. The molecule has 0 saturated carbocycles. The van der Waals surface area contributed by atoms with Gasteiger partial charge in [0.05, 0.1) is 23.4 Å². The van der Waals surface area contributed by atoms with E-state index in [9.17, 15) is 4.79 Å². The van der Waals surface area contributed by atoms with E-state index in [1.54, 1.807) is 11.3 Å². The maximum absolute atomic E-state index is 12.5. The molecule has 6 heteroatoms. The molecule has 0 aliphatic carbocycles. The lowest BCUT2D eigenvalue weighted by molar-refractivity contribution is -0.133. The average Bonchev–Trinajstić information content (AvgIpc) is 3.14. The lowest BCUT2D eigenvalue weighted by Crippen LogP contribution is -2.48. The molecule has 0 atom stereocenters. The Morgan fingerprint density at radius 3 is 2.72 bits per heavy atom. The summed E-state index contributed by atoms with van der Waals surface area (Å²) in [7, 11) is 0. The standard InChI is InChI=1S/C23H27N3O2S/c1-18-6-4-7-19(16-18)28-15-5-10-23(27)26-13-11-25(12-14-26)17-22-24-20-8-2-3-9-21(20)29-22/h2-4,6-9,16H,5,10-15,17H2,1H3. The van der Waals surface area contributed by atoms with E-state index in [1.165, 1.54) is 10.3 Å². The van der Waals surface area contributed by atoms with Crippen LogP contribution in [0.1, 0.15) is 23.4 Å². The fraction of sp³-hybridized carbons (Fsp3) is 0.391. The van der Waals surface area contributed by atoms with Crippen LogP contribution in [0.25, 0.3) is 10.2 Å². The highest BCUT2D eigenvalue weighted by Gasteiger charge is 2.21. The zero-order valence-corrected chi connectivity index (χ0v) is 17.7. The minimum atomic E-state index is 0.234. The Bertz CT molecular complexity index is 930. The second-order valence-corrected chi connectivity index (χ2v) is 8.62. The van der Waals surface area contributed by atoms with Crippen molar-refractivity contribution in [2.45, 2.75) is 26.3 Å². The van der Waals surface area contributed by atoms with E-state index >= 15 is 0 Å². The van der Waals surface area contributed by atoms with Crippen LogP contribution in [0.3, 0.4) is 0 Å². The Kier molecular flexibility index (Phi) is 6.42. The minimum absolute atomic E-state index is 0.234. The van der Waals surface area contributed by atoms with Gasteiger partial charge in [0.15, 0.2) is 0 Å². The van der Waals surface area contributed by atoms with E-state index in [1.807, 2.05) is 42.2 Å². The predicted octanol–water partition coefficient (Wildman–Crippen LogP) is 4.11. The number of carbonyl (C=O) groups is 1. The summed E-state index contributed by atoms with van der Waals surface area (Å²) in [5.74, 6) is 1.11. The van der Waals surface area contributed by atoms with E-state index < -0.39 is 0 Å². The highest BCUT2D eigenvalue weighted by molar-refractivity contribution is 7.18. The van der Waals surface area contributed by atoms with Crippen LogP contribution in [-0.2, 0) is 11.3 Å². The smallest absolute Gasteiger partial charge is 0.222 e. The molecule has 1 fully saturated rings. The number of piperazine rings is 1. The first kappa shape index (κ1) is 19.9. The van der Waals surface area contributed by atoms with Crippen molar-refractivity contribution in [2.24, 2.45) is 0 Å². The average molecular weight is 410 g/mol. The number of para-hydroxylation sites is 1. The molecule has 5 nitrogen and oxygen atoms in total. The van der Waals surface area contributed by atoms with Gasteiger partial charge in [-0.3, -0.25) is 9.69 Å². The van der Waals surface area contributed by atoms with Crippen molar-refractivity contribution in [3.63, 3.8) is 0 Å². The molecule has 29 heavy (non-hydrogen) atoms. The number of ether oxygens (including phenoxy) is 1. The Morgan fingerprint density at radius 1 is 1.10 bits per heavy atom. The number of hydrogen-bond donors (Lipinski definition) is 0. The number of aryl methyl sites for hydroxylation is 1. The van der Waals surface area contributed by atoms with Crippen LogP contribution >= 0.6 is 11.3 Å². The zero-order valence-electron chi connectivity index (χ0n) is 16.8. The molecule has 1 aliphatic rings. The zero-order chi connectivity index (χ0) is 20.1. The largest absolute Gasteiger partial charge is 0.494 e. The molecule has 0 N–H and O–H groups in total. The number of fused-ring (bicyclic) bond motifs is 1. The number of hydrogen-bond acceptors (Lipinski definition) is 5. The minimum Gasteiger partial charge on any atom is -0.494 e. The summed E-state index contributed by atoms with van der Waals surface area (Å²) in [5.41, 5.74) is 2.26. The van der Waals surface area contributed by atoms with Gasteiger partial charge in [-0.05, 0) is 43.2 Å². The van der Waals surface area contributed by atoms with Gasteiger partial charge in [0, 0.05) is 32.6 Å². The van der Waals surface area contributed by atoms with Crippen LogP contribution < -0.4 is 4.74 Å². The van der Waals surface area contributed by atoms with Crippen LogP contribution in [-0.4, -0.2) is 53.5 Å². The van der Waals surface area contributed by atoms with Gasteiger partial charge in [0.1, 0.15) is 10.8 Å². The fourth-order valence-electron chi connectivity index (χ4n) is 3.61. The molecule has 4 rings (SSSR count). The second-order valence-electron chi connectivity index (χ2n) is 7.50. The molecule has 1 amide bonds. The molecule has 0 radical (unpaired) electrons. The van der Waals surface area contributed by atoms with Gasteiger partial charge >= 0.3 is 0 Å². The number of amides is 1. The van der Waals surface area contributed by atoms with E-state index in [0.29, 0.717) is 13.0 Å². The lowest BCUT2D eigenvalue weighted by Gasteiger charge is -2.34. The van der Waals surface area contributed by atoms with Gasteiger partial charge < -0.3 is 9.64 Å². The molecule has 2 heterocycles. The number of rotatable bonds is 7. The lowest BCUT2D eigenvalue weighted by atomic mass is 10.2. The molecule has 0 bridgehead atoms. The molecule has 3 aromatic rings. The van der Waals surface area contributed by atoms with Crippen LogP contribution in [0.2, 0.25) is 0 Å². The third-order valence-corrected chi connectivity index (χ3v) is 6.24. The van der Waals surface area contributed by atoms with Gasteiger partial charge in [-0.15, -0.1) is 11.3 Å². The summed E-state index contributed by atoms with van der Waals surface area (Å²) < 4.78 is 6.99. The van der Waals surface area contributed by atoms with Gasteiger partial charge in [-0.2, -0.15) is 0 Å². The Hall–Kier alpha value is -2.44. The Balaban J connectivity index is 1.17. The van der Waals surface area contributed by atoms with Crippen molar-refractivity contribution in [2.75, 3.05) is 32.8 Å². The Morgan fingerprint density at radius 2 is 1.93 bits per heavy atom. The van der Waals surface area contributed by atoms with E-state index in [-0.39, 0.29) is 5.91 Å². The molecular weight excluding hydrogens is 382 g/mol. The molecule has 1 saturated heterocycles. The fourth-order valence-corrected chi connectivity index (χ4v) is 4.62. The SMILES string of the molecule is Cc1cccc(OCCCC(=O)N2CCN(Cc3nc4ccccc4s3)CC2)c1. The molecule has 0 spiro atoms. The van der Waals surface area contributed by atoms with Gasteiger partial charge in [-0.1, -0.05) is 24.3 Å². The number of thiazole rings is 1. The summed E-state index contributed by atoms with van der Waals surface area (Å²) >= 11 is 1.76. The third-order valence-electron chi connectivity index (χ3n) is 5.22. The van der Waals surface area contributed by atoms with Crippen molar-refractivity contribution >= 4 is 27.5 Å². The summed E-state index contributed by atoms with van der Waals surface area (Å²) in [5, 5.41) is 1.15. The van der Waals surface area contributed by atoms with Crippen LogP contribution in [0.15, 0.2) is 48.5 Å².